The Kier molecular flexibility index (Phi) is 8.32. The number of allylic oxidation sites excluding steroid dienone is 2. The van der Waals surface area contributed by atoms with Crippen molar-refractivity contribution < 1.29 is 0 Å². The van der Waals surface area contributed by atoms with Crippen LogP contribution in [-0.4, -0.2) is 20.1 Å². The smallest absolute Gasteiger partial charge is 0.207 e. The molecule has 2 atom stereocenters. The minimum atomic E-state index is 0.330. The number of aromatic nitrogens is 2. The molecule has 0 radical (unpaired) electrons. The molecule has 31 heavy (non-hydrogen) atoms. The van der Waals surface area contributed by atoms with Crippen LogP contribution in [-0.2, 0) is 6.54 Å². The Labute approximate surface area is 194 Å². The van der Waals surface area contributed by atoms with Crippen LogP contribution in [0.3, 0.4) is 0 Å². The fourth-order valence-electron chi connectivity index (χ4n) is 4.65. The van der Waals surface area contributed by atoms with Crippen molar-refractivity contribution in [2.75, 3.05) is 11.1 Å². The summed E-state index contributed by atoms with van der Waals surface area (Å²) in [5, 5.41) is 3.62. The number of hydrogen-bond acceptors (Lipinski definition) is 3. The molecule has 0 amide bonds. The fourth-order valence-corrected chi connectivity index (χ4v) is 5.77. The number of para-hydroxylation sites is 1. The van der Waals surface area contributed by atoms with Crippen molar-refractivity contribution in [2.45, 2.75) is 96.8 Å². The van der Waals surface area contributed by atoms with E-state index >= 15 is 0 Å². The quantitative estimate of drug-likeness (QED) is 0.357. The Morgan fingerprint density at radius 2 is 1.84 bits per heavy atom. The lowest BCUT2D eigenvalue weighted by molar-refractivity contribution is 0.591. The van der Waals surface area contributed by atoms with Crippen LogP contribution < -0.4 is 5.32 Å². The van der Waals surface area contributed by atoms with Gasteiger partial charge in [0.2, 0.25) is 5.95 Å². The zero-order valence-corrected chi connectivity index (χ0v) is 21.2. The third-order valence-corrected chi connectivity index (χ3v) is 7.78. The third kappa shape index (κ3) is 5.97. The number of rotatable bonds is 11. The first-order valence-corrected chi connectivity index (χ1v) is 13.1. The van der Waals surface area contributed by atoms with E-state index in [0.29, 0.717) is 16.6 Å². The topological polar surface area (TPSA) is 29.9 Å². The van der Waals surface area contributed by atoms with Crippen LogP contribution in [0.5, 0.6) is 0 Å². The van der Waals surface area contributed by atoms with Crippen molar-refractivity contribution in [3.05, 3.63) is 53.4 Å². The van der Waals surface area contributed by atoms with E-state index in [1.807, 2.05) is 0 Å². The second kappa shape index (κ2) is 10.8. The molecular weight excluding hydrogens is 398 g/mol. The number of imidazole rings is 1. The van der Waals surface area contributed by atoms with Gasteiger partial charge in [-0.2, -0.15) is 11.8 Å². The molecule has 1 aromatic carbocycles. The standard InChI is InChI=1S/C27H41N3S/c1-7-9-16-27(5,6)31-18-17-30-25-20(3)19-22(13-8-2)21(4)24(25)29-26(30)28-23-14-11-10-12-15-23/h10-12,14-15,19-21H,7-9,13,16-18H2,1-6H3,(H,28,29). The molecule has 1 aromatic heterocycles. The van der Waals surface area contributed by atoms with Crippen molar-refractivity contribution in [1.82, 2.24) is 9.55 Å². The van der Waals surface area contributed by atoms with Gasteiger partial charge in [0.15, 0.2) is 0 Å². The molecular formula is C27H41N3S. The maximum atomic E-state index is 5.18. The monoisotopic (exact) mass is 439 g/mol. The Bertz CT molecular complexity index is 866. The highest BCUT2D eigenvalue weighted by atomic mass is 32.2. The van der Waals surface area contributed by atoms with Gasteiger partial charge in [0.1, 0.15) is 0 Å². The summed E-state index contributed by atoms with van der Waals surface area (Å²) in [4.78, 5) is 5.18. The lowest BCUT2D eigenvalue weighted by Crippen LogP contribution is -2.19. The van der Waals surface area contributed by atoms with E-state index in [4.69, 9.17) is 4.98 Å². The number of anilines is 2. The Hall–Kier alpha value is -1.68. The van der Waals surface area contributed by atoms with Crippen LogP contribution in [0.25, 0.3) is 0 Å². The van der Waals surface area contributed by atoms with Crippen molar-refractivity contribution in [3.8, 4) is 0 Å². The molecule has 0 fully saturated rings. The van der Waals surface area contributed by atoms with Crippen LogP contribution in [0.2, 0.25) is 0 Å². The predicted octanol–water partition coefficient (Wildman–Crippen LogP) is 8.28. The molecule has 1 aliphatic carbocycles. The molecule has 1 N–H and O–H groups in total. The number of benzene rings is 1. The molecule has 3 rings (SSSR count). The largest absolute Gasteiger partial charge is 0.326 e. The molecule has 170 valence electrons. The van der Waals surface area contributed by atoms with E-state index in [0.717, 1.165) is 23.9 Å². The number of nitrogens with zero attached hydrogens (tertiary/aromatic N) is 2. The molecule has 0 saturated heterocycles. The van der Waals surface area contributed by atoms with E-state index in [1.165, 1.54) is 43.5 Å². The molecule has 0 saturated carbocycles. The molecule has 2 aromatic rings. The van der Waals surface area contributed by atoms with E-state index in [2.05, 4.69) is 99.6 Å². The number of hydrogen-bond donors (Lipinski definition) is 1. The maximum Gasteiger partial charge on any atom is 0.207 e. The Balaban J connectivity index is 1.87. The van der Waals surface area contributed by atoms with Gasteiger partial charge in [-0.05, 0) is 25.0 Å². The summed E-state index contributed by atoms with van der Waals surface area (Å²) in [6.45, 7) is 15.0. The zero-order chi connectivity index (χ0) is 22.4. The highest BCUT2D eigenvalue weighted by Crippen LogP contribution is 2.41. The van der Waals surface area contributed by atoms with Gasteiger partial charge in [-0.15, -0.1) is 0 Å². The lowest BCUT2D eigenvalue weighted by Gasteiger charge is -2.27. The van der Waals surface area contributed by atoms with Gasteiger partial charge in [-0.1, -0.05) is 90.7 Å². The lowest BCUT2D eigenvalue weighted by atomic mass is 9.83. The summed E-state index contributed by atoms with van der Waals surface area (Å²) < 4.78 is 2.79. The van der Waals surface area contributed by atoms with Gasteiger partial charge in [-0.3, -0.25) is 0 Å². The highest BCUT2D eigenvalue weighted by Gasteiger charge is 2.30. The molecule has 0 aliphatic heterocycles. The second-order valence-corrected chi connectivity index (χ2v) is 11.4. The number of unbranched alkanes of at least 4 members (excludes halogenated alkanes) is 1. The summed E-state index contributed by atoms with van der Waals surface area (Å²) in [6, 6.07) is 10.5. The van der Waals surface area contributed by atoms with Crippen molar-refractivity contribution >= 4 is 23.4 Å². The van der Waals surface area contributed by atoms with Gasteiger partial charge in [0, 0.05) is 40.3 Å². The van der Waals surface area contributed by atoms with Gasteiger partial charge in [0.25, 0.3) is 0 Å². The summed E-state index contributed by atoms with van der Waals surface area (Å²) in [6.07, 6.45) is 8.71. The number of nitrogens with one attached hydrogen (secondary N) is 1. The van der Waals surface area contributed by atoms with E-state index in [1.54, 1.807) is 5.57 Å². The minimum absolute atomic E-state index is 0.330. The molecule has 0 bridgehead atoms. The first kappa shape index (κ1) is 24.0. The van der Waals surface area contributed by atoms with Gasteiger partial charge in [-0.25, -0.2) is 4.98 Å². The molecule has 0 spiro atoms. The predicted molar refractivity (Wildman–Crippen MR) is 138 cm³/mol. The summed E-state index contributed by atoms with van der Waals surface area (Å²) >= 11 is 2.10. The Morgan fingerprint density at radius 1 is 1.10 bits per heavy atom. The molecule has 2 unspecified atom stereocenters. The normalized spacial score (nSPS) is 18.6. The van der Waals surface area contributed by atoms with Gasteiger partial charge >= 0.3 is 0 Å². The molecule has 1 heterocycles. The zero-order valence-electron chi connectivity index (χ0n) is 20.4. The van der Waals surface area contributed by atoms with Crippen LogP contribution in [0, 0.1) is 0 Å². The highest BCUT2D eigenvalue weighted by molar-refractivity contribution is 8.00. The fraction of sp³-hybridized carbons (Fsp3) is 0.593. The van der Waals surface area contributed by atoms with Gasteiger partial charge in [0.05, 0.1) is 5.69 Å². The van der Waals surface area contributed by atoms with E-state index in [9.17, 15) is 0 Å². The minimum Gasteiger partial charge on any atom is -0.326 e. The average Bonchev–Trinajstić information content (AvgIpc) is 3.10. The maximum absolute atomic E-state index is 5.18. The molecule has 4 heteroatoms. The summed E-state index contributed by atoms with van der Waals surface area (Å²) in [7, 11) is 0. The van der Waals surface area contributed by atoms with Crippen LogP contribution in [0.4, 0.5) is 11.6 Å². The summed E-state index contributed by atoms with van der Waals surface area (Å²) in [5.41, 5.74) is 5.32. The Morgan fingerprint density at radius 3 is 2.52 bits per heavy atom. The van der Waals surface area contributed by atoms with E-state index < -0.39 is 0 Å². The number of fused-ring (bicyclic) bond motifs is 1. The second-order valence-electron chi connectivity index (χ2n) is 9.56. The molecule has 3 nitrogen and oxygen atoms in total. The first-order valence-electron chi connectivity index (χ1n) is 12.1. The van der Waals surface area contributed by atoms with Crippen molar-refractivity contribution in [1.29, 1.82) is 0 Å². The van der Waals surface area contributed by atoms with Crippen LogP contribution >= 0.6 is 11.8 Å². The van der Waals surface area contributed by atoms with Gasteiger partial charge < -0.3 is 9.88 Å². The third-order valence-electron chi connectivity index (χ3n) is 6.41. The van der Waals surface area contributed by atoms with Crippen LogP contribution in [0.1, 0.15) is 96.9 Å². The van der Waals surface area contributed by atoms with Crippen LogP contribution in [0.15, 0.2) is 42.0 Å². The van der Waals surface area contributed by atoms with E-state index in [-0.39, 0.29) is 0 Å². The average molecular weight is 440 g/mol. The van der Waals surface area contributed by atoms with Crippen molar-refractivity contribution in [2.24, 2.45) is 0 Å². The van der Waals surface area contributed by atoms with Crippen molar-refractivity contribution in [3.63, 3.8) is 0 Å². The first-order chi connectivity index (χ1) is 14.9. The molecule has 1 aliphatic rings. The summed E-state index contributed by atoms with van der Waals surface area (Å²) in [5.74, 6) is 2.91. The number of thioether (sulfide) groups is 1. The SMILES string of the molecule is CCCCC(C)(C)SCCn1c(Nc2ccccc2)nc2c1C(C)C=C(CCC)C2C.